The molecule has 0 radical (unpaired) electrons. The van der Waals surface area contributed by atoms with Crippen LogP contribution in [0.2, 0.25) is 0 Å². The predicted octanol–water partition coefficient (Wildman–Crippen LogP) is 4.61. The topological polar surface area (TPSA) is 82.1 Å². The number of fused-ring (bicyclic) bond motifs is 1. The monoisotopic (exact) mass is 543 g/mol. The van der Waals surface area contributed by atoms with Gasteiger partial charge in [-0.05, 0) is 93.7 Å². The van der Waals surface area contributed by atoms with Gasteiger partial charge in [0, 0.05) is 49.0 Å². The second-order valence-corrected chi connectivity index (χ2v) is 13.8. The quantitative estimate of drug-likeness (QED) is 0.576. The molecule has 2 heterocycles. The van der Waals surface area contributed by atoms with Crippen molar-refractivity contribution in [2.75, 3.05) is 19.6 Å². The number of nitrogens with zero attached hydrogens (tertiary/aromatic N) is 2. The Morgan fingerprint density at radius 2 is 1.95 bits per heavy atom. The highest BCUT2D eigenvalue weighted by atomic mass is 16.6. The highest BCUT2D eigenvalue weighted by molar-refractivity contribution is 5.84. The van der Waals surface area contributed by atoms with Crippen LogP contribution in [0.3, 0.4) is 0 Å². The third-order valence-corrected chi connectivity index (χ3v) is 10.9. The van der Waals surface area contributed by atoms with Crippen LogP contribution < -0.4 is 5.32 Å². The molecular formula is C33H41N3O4. The van der Waals surface area contributed by atoms with Crippen molar-refractivity contribution >= 4 is 12.0 Å². The average Bonchev–Trinajstić information content (AvgIpc) is 3.28. The molecule has 4 fully saturated rings. The number of alkyl carbamates (subject to hydrolysis) is 1. The molecule has 6 atom stereocenters. The summed E-state index contributed by atoms with van der Waals surface area (Å²) in [7, 11) is 0. The Morgan fingerprint density at radius 1 is 1.15 bits per heavy atom. The summed E-state index contributed by atoms with van der Waals surface area (Å²) in [6.45, 7) is 8.55. The Labute approximate surface area is 236 Å². The largest absolute Gasteiger partial charge is 0.508 e. The first-order valence-electron chi connectivity index (χ1n) is 15.0. The lowest BCUT2D eigenvalue weighted by atomic mass is 9.43. The van der Waals surface area contributed by atoms with Gasteiger partial charge < -0.3 is 20.1 Å². The van der Waals surface area contributed by atoms with Crippen LogP contribution in [0.4, 0.5) is 4.79 Å². The molecule has 7 rings (SSSR count). The number of phenols is 1. The zero-order valence-electron chi connectivity index (χ0n) is 23.9. The molecule has 2 aromatic rings. The van der Waals surface area contributed by atoms with E-state index < -0.39 is 5.60 Å². The zero-order valence-corrected chi connectivity index (χ0v) is 23.9. The molecule has 40 heavy (non-hydrogen) atoms. The van der Waals surface area contributed by atoms with E-state index in [1.807, 2.05) is 39.0 Å². The molecule has 7 nitrogen and oxygen atoms in total. The Hall–Kier alpha value is -3.06. The molecule has 7 heteroatoms. The van der Waals surface area contributed by atoms with Gasteiger partial charge in [0.05, 0.1) is 0 Å². The Balaban J connectivity index is 1.21. The Morgan fingerprint density at radius 3 is 2.73 bits per heavy atom. The first-order valence-corrected chi connectivity index (χ1v) is 15.0. The van der Waals surface area contributed by atoms with Gasteiger partial charge in [0.1, 0.15) is 11.4 Å². The van der Waals surface area contributed by atoms with E-state index in [-0.39, 0.29) is 34.8 Å². The number of amides is 2. The summed E-state index contributed by atoms with van der Waals surface area (Å²) >= 11 is 0. The number of rotatable bonds is 5. The molecule has 5 aliphatic rings. The predicted molar refractivity (Wildman–Crippen MR) is 152 cm³/mol. The van der Waals surface area contributed by atoms with E-state index in [2.05, 4.69) is 45.4 Å². The van der Waals surface area contributed by atoms with E-state index >= 15 is 0 Å². The van der Waals surface area contributed by atoms with Crippen LogP contribution in [0.15, 0.2) is 48.5 Å². The third kappa shape index (κ3) is 3.65. The number of ether oxygens (including phenoxy) is 1. The van der Waals surface area contributed by atoms with E-state index in [9.17, 15) is 14.7 Å². The number of nitrogens with one attached hydrogen (secondary N) is 1. The number of carbonyl (C=O) groups excluding carboxylic acids is 2. The first-order chi connectivity index (χ1) is 19.1. The zero-order chi connectivity index (χ0) is 27.9. The minimum atomic E-state index is -0.520. The molecule has 212 valence electrons. The van der Waals surface area contributed by atoms with E-state index in [4.69, 9.17) is 4.74 Å². The van der Waals surface area contributed by atoms with E-state index in [1.54, 1.807) is 0 Å². The summed E-state index contributed by atoms with van der Waals surface area (Å²) in [5.41, 5.74) is 3.21. The number of hydrogen-bond acceptors (Lipinski definition) is 5. The number of carbonyl (C=O) groups is 2. The number of aromatic hydroxyl groups is 1. The van der Waals surface area contributed by atoms with Crippen molar-refractivity contribution < 1.29 is 19.4 Å². The molecule has 0 aromatic heterocycles. The van der Waals surface area contributed by atoms with Gasteiger partial charge in [-0.1, -0.05) is 36.4 Å². The second kappa shape index (κ2) is 8.97. The number of hydrogen-bond donors (Lipinski definition) is 2. The van der Waals surface area contributed by atoms with E-state index in [0.29, 0.717) is 30.8 Å². The molecule has 5 unspecified atom stereocenters. The molecule has 4 bridgehead atoms. The molecule has 2 N–H and O–H groups in total. The molecule has 0 spiro atoms. The molecule has 2 saturated heterocycles. The van der Waals surface area contributed by atoms with Crippen LogP contribution in [0, 0.1) is 17.3 Å². The van der Waals surface area contributed by atoms with Crippen LogP contribution >= 0.6 is 0 Å². The minimum Gasteiger partial charge on any atom is -0.508 e. The lowest BCUT2D eigenvalue weighted by Crippen LogP contribution is -2.70. The summed E-state index contributed by atoms with van der Waals surface area (Å²) in [4.78, 5) is 31.2. The van der Waals surface area contributed by atoms with Crippen molar-refractivity contribution in [2.45, 2.75) is 82.5 Å². The van der Waals surface area contributed by atoms with Gasteiger partial charge in [0.2, 0.25) is 5.91 Å². The smallest absolute Gasteiger partial charge is 0.407 e. The molecular weight excluding hydrogens is 502 g/mol. The normalized spacial score (nSPS) is 33.9. The van der Waals surface area contributed by atoms with Crippen LogP contribution in [-0.4, -0.2) is 64.2 Å². The fourth-order valence-corrected chi connectivity index (χ4v) is 9.82. The van der Waals surface area contributed by atoms with Crippen molar-refractivity contribution in [1.29, 1.82) is 0 Å². The lowest BCUT2D eigenvalue weighted by molar-refractivity contribution is -0.138. The molecule has 2 amide bonds. The number of piperidine rings is 1. The van der Waals surface area contributed by atoms with Crippen LogP contribution in [0.1, 0.15) is 63.1 Å². The maximum absolute atomic E-state index is 14.1. The molecule has 3 aliphatic carbocycles. The van der Waals surface area contributed by atoms with Crippen molar-refractivity contribution in [3.63, 3.8) is 0 Å². The fraction of sp³-hybridized carbons (Fsp3) is 0.576. The van der Waals surface area contributed by atoms with Crippen LogP contribution in [0.5, 0.6) is 5.75 Å². The highest BCUT2D eigenvalue weighted by Gasteiger charge is 2.77. The Kier molecular flexibility index (Phi) is 5.80. The Bertz CT molecular complexity index is 1340. The van der Waals surface area contributed by atoms with Crippen molar-refractivity contribution in [3.8, 4) is 5.75 Å². The number of benzene rings is 2. The number of phenolic OH excluding ortho intramolecular Hbond substituents is 1. The van der Waals surface area contributed by atoms with Gasteiger partial charge in [-0.25, -0.2) is 4.79 Å². The van der Waals surface area contributed by atoms with Gasteiger partial charge in [-0.3, -0.25) is 9.69 Å². The summed E-state index contributed by atoms with van der Waals surface area (Å²) in [5.74, 6) is 0.970. The standard InChI is InChI=1S/C33H41N3O4/c1-31(2,3)40-30(39)34-14-16-35-15-13-33-25-18-23(37)10-9-22(25)17-27(35)32(33)12-11-26-28(33)24(19-32)29(38)36(26)20-21-7-5-4-6-8-21/h4-10,18,24,26-28,37H,11-17,19-20H2,1-3H3,(H,34,39)/t24-,26?,27?,28?,32?,33?/m0/s1. The SMILES string of the molecule is CC(C)(C)OC(=O)NCCN1CCC23c4cc(O)ccc4CC1C21CCC2C3[C@H](C1)C(=O)N2Cc1ccccc1. The first kappa shape index (κ1) is 25.9. The summed E-state index contributed by atoms with van der Waals surface area (Å²) < 4.78 is 5.46. The minimum absolute atomic E-state index is 0.0122. The van der Waals surface area contributed by atoms with Crippen LogP contribution in [0.25, 0.3) is 0 Å². The van der Waals surface area contributed by atoms with Crippen molar-refractivity contribution in [2.24, 2.45) is 17.3 Å². The maximum Gasteiger partial charge on any atom is 0.407 e. The van der Waals surface area contributed by atoms with Gasteiger partial charge >= 0.3 is 6.09 Å². The summed E-state index contributed by atoms with van der Waals surface area (Å²) in [5, 5.41) is 13.6. The summed E-state index contributed by atoms with van der Waals surface area (Å²) in [6.07, 6.45) is 4.59. The lowest BCUT2D eigenvalue weighted by Gasteiger charge is -2.66. The fourth-order valence-electron chi connectivity index (χ4n) is 9.82. The third-order valence-electron chi connectivity index (χ3n) is 10.9. The molecule has 2 aliphatic heterocycles. The van der Waals surface area contributed by atoms with Gasteiger partial charge in [-0.15, -0.1) is 0 Å². The van der Waals surface area contributed by atoms with E-state index in [1.165, 1.54) is 16.7 Å². The van der Waals surface area contributed by atoms with Gasteiger partial charge in [0.25, 0.3) is 0 Å². The number of likely N-dealkylation sites (tertiary alicyclic amines) is 2. The van der Waals surface area contributed by atoms with Crippen molar-refractivity contribution in [1.82, 2.24) is 15.1 Å². The second-order valence-electron chi connectivity index (χ2n) is 13.8. The maximum atomic E-state index is 14.1. The van der Waals surface area contributed by atoms with E-state index in [0.717, 1.165) is 45.2 Å². The molecule has 2 aromatic carbocycles. The van der Waals surface area contributed by atoms with Gasteiger partial charge in [0.15, 0.2) is 0 Å². The average molecular weight is 544 g/mol. The van der Waals surface area contributed by atoms with Crippen molar-refractivity contribution in [3.05, 3.63) is 65.2 Å². The molecule has 2 saturated carbocycles. The highest BCUT2D eigenvalue weighted by Crippen LogP contribution is 2.75. The van der Waals surface area contributed by atoms with Crippen LogP contribution in [-0.2, 0) is 27.9 Å². The summed E-state index contributed by atoms with van der Waals surface area (Å²) in [6, 6.07) is 16.9. The van der Waals surface area contributed by atoms with Gasteiger partial charge in [-0.2, -0.15) is 0 Å².